The summed E-state index contributed by atoms with van der Waals surface area (Å²) in [7, 11) is 0. The molecule has 3 aliphatic rings. The maximum absolute atomic E-state index is 12.9. The lowest BCUT2D eigenvalue weighted by Crippen LogP contribution is -2.66. The quantitative estimate of drug-likeness (QED) is 0.641. The molecule has 1 N–H and O–H groups in total. The second-order valence-corrected chi connectivity index (χ2v) is 8.32. The molecule has 126 valence electrons. The van der Waals surface area contributed by atoms with Gasteiger partial charge in [-0.15, -0.1) is 4.72 Å². The van der Waals surface area contributed by atoms with E-state index >= 15 is 0 Å². The average Bonchev–Trinajstić information content (AvgIpc) is 2.33. The third-order valence-electron chi connectivity index (χ3n) is 5.24. The number of ether oxygens (including phenoxy) is 1. The van der Waals surface area contributed by atoms with Crippen molar-refractivity contribution in [3.05, 3.63) is 28.8 Å². The minimum absolute atomic E-state index is 0.0287. The summed E-state index contributed by atoms with van der Waals surface area (Å²) in [4.78, 5) is 13.2. The van der Waals surface area contributed by atoms with Crippen LogP contribution in [0.25, 0.3) is 0 Å². The van der Waals surface area contributed by atoms with Crippen molar-refractivity contribution in [3.63, 3.8) is 0 Å². The summed E-state index contributed by atoms with van der Waals surface area (Å²) in [5, 5.41) is 0. The third kappa shape index (κ3) is 2.90. The fraction of sp³-hybridized carbons (Fsp3) is 0.611. The van der Waals surface area contributed by atoms with Gasteiger partial charge in [0.15, 0.2) is 10.9 Å². The Kier molecular flexibility index (Phi) is 4.47. The SMILES string of the molecule is CCOC(=O)[C@@H](N[S+]([O-])c1c(C)cc(C)cc1C)C12CC(C1)C2. The molecule has 5 heteroatoms. The molecule has 4 rings (SSSR count). The van der Waals surface area contributed by atoms with E-state index in [9.17, 15) is 9.35 Å². The molecule has 0 spiro atoms. The van der Waals surface area contributed by atoms with Gasteiger partial charge in [-0.1, -0.05) is 17.7 Å². The Hall–Kier alpha value is -1.04. The number of aryl methyl sites for hydroxylation is 3. The van der Waals surface area contributed by atoms with Crippen LogP contribution in [0.15, 0.2) is 17.0 Å². The molecule has 0 amide bonds. The number of esters is 1. The van der Waals surface area contributed by atoms with E-state index in [1.54, 1.807) is 0 Å². The summed E-state index contributed by atoms with van der Waals surface area (Å²) in [6, 6.07) is 3.60. The molecule has 0 aromatic heterocycles. The zero-order chi connectivity index (χ0) is 16.8. The zero-order valence-corrected chi connectivity index (χ0v) is 15.1. The smallest absolute Gasteiger partial charge is 0.328 e. The molecule has 1 unspecified atom stereocenters. The summed E-state index contributed by atoms with van der Waals surface area (Å²) in [6.45, 7) is 8.13. The molecule has 1 aromatic rings. The van der Waals surface area contributed by atoms with Gasteiger partial charge in [0, 0.05) is 16.5 Å². The predicted molar refractivity (Wildman–Crippen MR) is 90.4 cm³/mol. The van der Waals surface area contributed by atoms with Crippen molar-refractivity contribution in [1.29, 1.82) is 0 Å². The number of rotatable bonds is 6. The van der Waals surface area contributed by atoms with E-state index < -0.39 is 17.4 Å². The molecule has 0 radical (unpaired) electrons. The molecule has 0 saturated heterocycles. The predicted octanol–water partition coefficient (Wildman–Crippen LogP) is 2.96. The average molecular weight is 335 g/mol. The van der Waals surface area contributed by atoms with Crippen LogP contribution >= 0.6 is 0 Å². The van der Waals surface area contributed by atoms with Gasteiger partial charge in [0.05, 0.1) is 18.0 Å². The molecular weight excluding hydrogens is 310 g/mol. The molecule has 23 heavy (non-hydrogen) atoms. The standard InChI is InChI=1S/C18H25NO3S/c1-5-22-17(20)16(18-8-14(9-18)10-18)19-23(21)15-12(3)6-11(2)7-13(15)4/h6-7,14,16,19H,5,8-10H2,1-4H3/t14?,16-,18?,23?/m1/s1. The molecule has 3 fully saturated rings. The van der Waals surface area contributed by atoms with Gasteiger partial charge in [0.1, 0.15) is 0 Å². The Morgan fingerprint density at radius 2 is 1.91 bits per heavy atom. The highest BCUT2D eigenvalue weighted by Gasteiger charge is 2.64. The monoisotopic (exact) mass is 335 g/mol. The molecule has 2 bridgehead atoms. The van der Waals surface area contributed by atoms with Crippen molar-refractivity contribution >= 4 is 17.3 Å². The van der Waals surface area contributed by atoms with Gasteiger partial charge in [0.25, 0.3) is 0 Å². The molecule has 2 atom stereocenters. The molecule has 0 heterocycles. The number of benzene rings is 1. The largest absolute Gasteiger partial charge is 0.593 e. The summed E-state index contributed by atoms with van der Waals surface area (Å²) in [5.41, 5.74) is 3.11. The number of carbonyl (C=O) groups excluding carboxylic acids is 1. The topological polar surface area (TPSA) is 61.4 Å². The zero-order valence-electron chi connectivity index (χ0n) is 14.3. The van der Waals surface area contributed by atoms with E-state index in [4.69, 9.17) is 4.74 Å². The lowest BCUT2D eigenvalue weighted by atomic mass is 9.42. The van der Waals surface area contributed by atoms with Gasteiger partial charge < -0.3 is 9.29 Å². The summed E-state index contributed by atoms with van der Waals surface area (Å²) in [5.74, 6) is 0.492. The van der Waals surface area contributed by atoms with Crippen LogP contribution in [-0.2, 0) is 20.9 Å². The van der Waals surface area contributed by atoms with E-state index in [1.807, 2.05) is 39.8 Å². The molecule has 3 aliphatic carbocycles. The second kappa shape index (κ2) is 6.11. The minimum atomic E-state index is -1.41. The van der Waals surface area contributed by atoms with Crippen molar-refractivity contribution in [2.45, 2.75) is 57.9 Å². The third-order valence-corrected chi connectivity index (χ3v) is 6.70. The van der Waals surface area contributed by atoms with Crippen LogP contribution in [0.2, 0.25) is 0 Å². The van der Waals surface area contributed by atoms with Gasteiger partial charge in [-0.3, -0.25) is 4.79 Å². The van der Waals surface area contributed by atoms with Crippen LogP contribution in [0.1, 0.15) is 42.9 Å². The highest BCUT2D eigenvalue weighted by Crippen LogP contribution is 2.66. The fourth-order valence-electron chi connectivity index (χ4n) is 4.17. The van der Waals surface area contributed by atoms with E-state index in [-0.39, 0.29) is 11.4 Å². The molecule has 1 aromatic carbocycles. The van der Waals surface area contributed by atoms with E-state index in [1.165, 1.54) is 0 Å². The Bertz CT molecular complexity index is 591. The van der Waals surface area contributed by atoms with Gasteiger partial charge in [-0.05, 0) is 52.9 Å². The van der Waals surface area contributed by atoms with Crippen LogP contribution in [0.4, 0.5) is 0 Å². The lowest BCUT2D eigenvalue weighted by Gasteiger charge is -2.63. The first-order valence-electron chi connectivity index (χ1n) is 8.29. The summed E-state index contributed by atoms with van der Waals surface area (Å²) < 4.78 is 21.2. The number of hydrogen-bond donors (Lipinski definition) is 1. The van der Waals surface area contributed by atoms with Gasteiger partial charge in [-0.2, -0.15) is 0 Å². The highest BCUT2D eigenvalue weighted by molar-refractivity contribution is 7.89. The molecular formula is C18H25NO3S. The maximum Gasteiger partial charge on any atom is 0.328 e. The lowest BCUT2D eigenvalue weighted by molar-refractivity contribution is -0.172. The Morgan fingerprint density at radius 3 is 2.35 bits per heavy atom. The Labute approximate surface area is 141 Å². The van der Waals surface area contributed by atoms with Crippen LogP contribution in [0.3, 0.4) is 0 Å². The number of hydrogen-bond acceptors (Lipinski definition) is 4. The molecule has 3 saturated carbocycles. The second-order valence-electron chi connectivity index (χ2n) is 7.14. The van der Waals surface area contributed by atoms with Gasteiger partial charge >= 0.3 is 5.97 Å². The van der Waals surface area contributed by atoms with E-state index in [0.29, 0.717) is 6.61 Å². The number of carbonyl (C=O) groups is 1. The van der Waals surface area contributed by atoms with Crippen molar-refractivity contribution < 1.29 is 14.1 Å². The first-order valence-corrected chi connectivity index (χ1v) is 9.43. The summed E-state index contributed by atoms with van der Waals surface area (Å²) in [6.07, 6.45) is 3.14. The molecule has 4 nitrogen and oxygen atoms in total. The van der Waals surface area contributed by atoms with E-state index in [2.05, 4.69) is 4.72 Å². The van der Waals surface area contributed by atoms with Crippen molar-refractivity contribution in [3.8, 4) is 0 Å². The minimum Gasteiger partial charge on any atom is -0.593 e. The first kappa shape index (κ1) is 16.8. The number of nitrogens with one attached hydrogen (secondary N) is 1. The van der Waals surface area contributed by atoms with Crippen molar-refractivity contribution in [1.82, 2.24) is 4.72 Å². The van der Waals surface area contributed by atoms with Gasteiger partial charge in [0.2, 0.25) is 0 Å². The van der Waals surface area contributed by atoms with Crippen LogP contribution in [-0.4, -0.2) is 23.2 Å². The first-order chi connectivity index (χ1) is 10.9. The van der Waals surface area contributed by atoms with Crippen LogP contribution in [0, 0.1) is 32.1 Å². The van der Waals surface area contributed by atoms with Crippen LogP contribution < -0.4 is 4.72 Å². The Balaban J connectivity index is 1.81. The maximum atomic E-state index is 12.9. The normalized spacial score (nSPS) is 27.6. The van der Waals surface area contributed by atoms with Crippen LogP contribution in [0.5, 0.6) is 0 Å². The summed E-state index contributed by atoms with van der Waals surface area (Å²) >= 11 is -1.41. The van der Waals surface area contributed by atoms with Gasteiger partial charge in [-0.25, -0.2) is 0 Å². The van der Waals surface area contributed by atoms with Crippen molar-refractivity contribution in [2.75, 3.05) is 6.61 Å². The highest BCUT2D eigenvalue weighted by atomic mass is 32.2. The Morgan fingerprint density at radius 1 is 1.35 bits per heavy atom. The fourth-order valence-corrected chi connectivity index (χ4v) is 5.55. The van der Waals surface area contributed by atoms with Crippen molar-refractivity contribution in [2.24, 2.45) is 11.3 Å². The van der Waals surface area contributed by atoms with E-state index in [0.717, 1.165) is 46.8 Å². The molecule has 0 aliphatic heterocycles.